The first-order valence-electron chi connectivity index (χ1n) is 10.4. The normalized spacial score (nSPS) is 10.8. The standard InChI is InChI=1S/C26H26N4O/c1-17-7-5-9-23(27-17)13-21-12-22(16-25-28-19(3)11-20(4)29-25)15-24(14-21)31-26-10-6-8-18(2)30-26/h5-12,14-15H,13,16H2,1-4H3. The number of pyridine rings is 2. The molecule has 0 saturated carbocycles. The highest BCUT2D eigenvalue weighted by atomic mass is 16.5. The van der Waals surface area contributed by atoms with Gasteiger partial charge < -0.3 is 4.74 Å². The maximum atomic E-state index is 6.11. The van der Waals surface area contributed by atoms with Crippen molar-refractivity contribution in [2.24, 2.45) is 0 Å². The van der Waals surface area contributed by atoms with Gasteiger partial charge in [-0.2, -0.15) is 0 Å². The predicted molar refractivity (Wildman–Crippen MR) is 122 cm³/mol. The SMILES string of the molecule is Cc1cccc(Cc2cc(Cc3nc(C)cc(C)n3)cc(Oc3cccc(C)n3)c2)n1. The molecule has 0 saturated heterocycles. The molecule has 0 atom stereocenters. The highest BCUT2D eigenvalue weighted by Crippen LogP contribution is 2.25. The van der Waals surface area contributed by atoms with Crippen molar-refractivity contribution in [3.05, 3.63) is 106 Å². The first kappa shape index (κ1) is 20.7. The lowest BCUT2D eigenvalue weighted by atomic mass is 10.0. The number of ether oxygens (including phenoxy) is 1. The van der Waals surface area contributed by atoms with Crippen molar-refractivity contribution in [1.82, 2.24) is 19.9 Å². The number of benzene rings is 1. The third kappa shape index (κ3) is 5.72. The van der Waals surface area contributed by atoms with E-state index in [4.69, 9.17) is 4.74 Å². The van der Waals surface area contributed by atoms with Crippen LogP contribution >= 0.6 is 0 Å². The molecule has 0 fully saturated rings. The van der Waals surface area contributed by atoms with Crippen molar-refractivity contribution < 1.29 is 4.74 Å². The Morgan fingerprint density at radius 1 is 0.613 bits per heavy atom. The number of hydrogen-bond donors (Lipinski definition) is 0. The molecular weight excluding hydrogens is 384 g/mol. The highest BCUT2D eigenvalue weighted by Gasteiger charge is 2.09. The van der Waals surface area contributed by atoms with Crippen LogP contribution in [0.4, 0.5) is 0 Å². The minimum absolute atomic E-state index is 0.583. The van der Waals surface area contributed by atoms with Crippen molar-refractivity contribution in [2.45, 2.75) is 40.5 Å². The van der Waals surface area contributed by atoms with E-state index in [1.54, 1.807) is 0 Å². The monoisotopic (exact) mass is 410 g/mol. The Balaban J connectivity index is 1.68. The molecule has 4 aromatic rings. The molecular formula is C26H26N4O. The maximum Gasteiger partial charge on any atom is 0.219 e. The molecule has 0 radical (unpaired) electrons. The van der Waals surface area contributed by atoms with E-state index in [9.17, 15) is 0 Å². The largest absolute Gasteiger partial charge is 0.439 e. The quantitative estimate of drug-likeness (QED) is 0.421. The smallest absolute Gasteiger partial charge is 0.219 e. The van der Waals surface area contributed by atoms with Crippen LogP contribution in [0.2, 0.25) is 0 Å². The van der Waals surface area contributed by atoms with Crippen LogP contribution in [0.5, 0.6) is 11.6 Å². The van der Waals surface area contributed by atoms with E-state index in [0.29, 0.717) is 12.3 Å². The van der Waals surface area contributed by atoms with Crippen LogP contribution in [-0.2, 0) is 12.8 Å². The van der Waals surface area contributed by atoms with Gasteiger partial charge in [0.2, 0.25) is 5.88 Å². The summed E-state index contributed by atoms with van der Waals surface area (Å²) < 4.78 is 6.11. The molecule has 0 bridgehead atoms. The molecule has 0 aliphatic heterocycles. The fourth-order valence-electron chi connectivity index (χ4n) is 3.65. The van der Waals surface area contributed by atoms with Crippen LogP contribution in [0.25, 0.3) is 0 Å². The Bertz CT molecular complexity index is 1130. The first-order chi connectivity index (χ1) is 14.9. The molecule has 0 aliphatic rings. The molecule has 3 heterocycles. The number of aromatic nitrogens is 4. The van der Waals surface area contributed by atoms with Crippen LogP contribution in [0.1, 0.15) is 45.4 Å². The summed E-state index contributed by atoms with van der Waals surface area (Å²) in [5.41, 5.74) is 7.13. The molecule has 5 heteroatoms. The summed E-state index contributed by atoms with van der Waals surface area (Å²) in [6.45, 7) is 7.96. The van der Waals surface area contributed by atoms with Crippen molar-refractivity contribution >= 4 is 0 Å². The van der Waals surface area contributed by atoms with Gasteiger partial charge in [0.1, 0.15) is 11.6 Å². The molecule has 4 rings (SSSR count). The second kappa shape index (κ2) is 9.04. The van der Waals surface area contributed by atoms with Gasteiger partial charge in [0.25, 0.3) is 0 Å². The summed E-state index contributed by atoms with van der Waals surface area (Å²) in [5, 5.41) is 0. The Labute approximate surface area is 183 Å². The number of aryl methyl sites for hydroxylation is 4. The lowest BCUT2D eigenvalue weighted by Crippen LogP contribution is -2.02. The molecule has 0 spiro atoms. The maximum absolute atomic E-state index is 6.11. The molecule has 5 nitrogen and oxygen atoms in total. The molecule has 0 amide bonds. The van der Waals surface area contributed by atoms with Gasteiger partial charge >= 0.3 is 0 Å². The van der Waals surface area contributed by atoms with Crippen LogP contribution < -0.4 is 4.74 Å². The van der Waals surface area contributed by atoms with E-state index in [1.807, 2.05) is 70.2 Å². The third-order valence-corrected chi connectivity index (χ3v) is 4.83. The van der Waals surface area contributed by atoms with Crippen LogP contribution in [0.3, 0.4) is 0 Å². The Morgan fingerprint density at radius 2 is 1.26 bits per heavy atom. The summed E-state index contributed by atoms with van der Waals surface area (Å²) in [7, 11) is 0. The highest BCUT2D eigenvalue weighted by molar-refractivity contribution is 5.39. The van der Waals surface area contributed by atoms with E-state index in [2.05, 4.69) is 38.1 Å². The van der Waals surface area contributed by atoms with Gasteiger partial charge in [-0.25, -0.2) is 15.0 Å². The van der Waals surface area contributed by atoms with Gasteiger partial charge in [0.05, 0.1) is 0 Å². The molecule has 0 aliphatic carbocycles. The van der Waals surface area contributed by atoms with Crippen molar-refractivity contribution in [3.8, 4) is 11.6 Å². The Morgan fingerprint density at radius 3 is 1.94 bits per heavy atom. The minimum Gasteiger partial charge on any atom is -0.439 e. The van der Waals surface area contributed by atoms with E-state index in [0.717, 1.165) is 57.6 Å². The molecule has 156 valence electrons. The Hall–Kier alpha value is -3.60. The number of nitrogens with zero attached hydrogens (tertiary/aromatic N) is 4. The van der Waals surface area contributed by atoms with Crippen LogP contribution in [0.15, 0.2) is 60.7 Å². The second-order valence-electron chi connectivity index (χ2n) is 7.90. The van der Waals surface area contributed by atoms with Gasteiger partial charge in [-0.1, -0.05) is 18.2 Å². The van der Waals surface area contributed by atoms with E-state index < -0.39 is 0 Å². The van der Waals surface area contributed by atoms with Gasteiger partial charge in [0.15, 0.2) is 0 Å². The first-order valence-corrected chi connectivity index (χ1v) is 10.4. The molecule has 1 aromatic carbocycles. The van der Waals surface area contributed by atoms with E-state index >= 15 is 0 Å². The topological polar surface area (TPSA) is 60.8 Å². The lowest BCUT2D eigenvalue weighted by Gasteiger charge is -2.12. The minimum atomic E-state index is 0.583. The van der Waals surface area contributed by atoms with Crippen molar-refractivity contribution in [2.75, 3.05) is 0 Å². The zero-order valence-electron chi connectivity index (χ0n) is 18.4. The van der Waals surface area contributed by atoms with Gasteiger partial charge in [-0.3, -0.25) is 4.98 Å². The Kier molecular flexibility index (Phi) is 6.03. The van der Waals surface area contributed by atoms with Gasteiger partial charge in [-0.05, 0) is 75.2 Å². The zero-order valence-corrected chi connectivity index (χ0v) is 18.4. The fraction of sp³-hybridized carbons (Fsp3) is 0.231. The summed E-state index contributed by atoms with van der Waals surface area (Å²) in [6.07, 6.45) is 1.36. The van der Waals surface area contributed by atoms with Crippen LogP contribution in [-0.4, -0.2) is 19.9 Å². The fourth-order valence-corrected chi connectivity index (χ4v) is 3.65. The average Bonchev–Trinajstić information content (AvgIpc) is 2.67. The molecule has 3 aromatic heterocycles. The summed E-state index contributed by atoms with van der Waals surface area (Å²) >= 11 is 0. The van der Waals surface area contributed by atoms with E-state index in [1.165, 1.54) is 0 Å². The molecule has 0 unspecified atom stereocenters. The average molecular weight is 411 g/mol. The van der Waals surface area contributed by atoms with Crippen molar-refractivity contribution in [1.29, 1.82) is 0 Å². The van der Waals surface area contributed by atoms with Crippen LogP contribution in [0, 0.1) is 27.7 Å². The van der Waals surface area contributed by atoms with E-state index in [-0.39, 0.29) is 0 Å². The van der Waals surface area contributed by atoms with Crippen molar-refractivity contribution in [3.63, 3.8) is 0 Å². The molecule has 0 N–H and O–H groups in total. The molecule has 31 heavy (non-hydrogen) atoms. The number of hydrogen-bond acceptors (Lipinski definition) is 5. The third-order valence-electron chi connectivity index (χ3n) is 4.83. The lowest BCUT2D eigenvalue weighted by molar-refractivity contribution is 0.460. The summed E-state index contributed by atoms with van der Waals surface area (Å²) in [4.78, 5) is 18.3. The number of rotatable bonds is 6. The van der Waals surface area contributed by atoms with Gasteiger partial charge in [0, 0.05) is 47.4 Å². The summed E-state index contributed by atoms with van der Waals surface area (Å²) in [5.74, 6) is 2.14. The van der Waals surface area contributed by atoms with Gasteiger partial charge in [-0.15, -0.1) is 0 Å². The zero-order chi connectivity index (χ0) is 21.8. The predicted octanol–water partition coefficient (Wildman–Crippen LogP) is 5.47. The second-order valence-corrected chi connectivity index (χ2v) is 7.90. The summed E-state index contributed by atoms with van der Waals surface area (Å²) in [6, 6.07) is 20.1.